The van der Waals surface area contributed by atoms with Gasteiger partial charge < -0.3 is 9.88 Å². The third-order valence-corrected chi connectivity index (χ3v) is 4.55. The van der Waals surface area contributed by atoms with Crippen LogP contribution in [-0.2, 0) is 17.5 Å². The van der Waals surface area contributed by atoms with E-state index in [2.05, 4.69) is 10.2 Å². The first-order valence-electron chi connectivity index (χ1n) is 9.09. The summed E-state index contributed by atoms with van der Waals surface area (Å²) in [6.45, 7) is 5.41. The third kappa shape index (κ3) is 5.69. The summed E-state index contributed by atoms with van der Waals surface area (Å²) in [5.74, 6) is -0.519. The predicted molar refractivity (Wildman–Crippen MR) is 101 cm³/mol. The van der Waals surface area contributed by atoms with Gasteiger partial charge in [0.25, 0.3) is 5.56 Å². The maximum absolute atomic E-state index is 12.8. The summed E-state index contributed by atoms with van der Waals surface area (Å²) in [6, 6.07) is 11.1. The van der Waals surface area contributed by atoms with E-state index < -0.39 is 29.8 Å². The monoisotopic (exact) mass is 395 g/mol. The maximum Gasteiger partial charge on any atom is 0.417 e. The van der Waals surface area contributed by atoms with Crippen LogP contribution in [0.4, 0.5) is 13.2 Å². The highest BCUT2D eigenvalue weighted by atomic mass is 19.4. The number of alkyl halides is 3. The van der Waals surface area contributed by atoms with Gasteiger partial charge >= 0.3 is 6.18 Å². The van der Waals surface area contributed by atoms with Crippen molar-refractivity contribution in [2.75, 3.05) is 19.6 Å². The highest BCUT2D eigenvalue weighted by Gasteiger charge is 2.31. The van der Waals surface area contributed by atoms with E-state index in [-0.39, 0.29) is 12.6 Å². The molecular weight excluding hydrogens is 371 g/mol. The molecule has 0 radical (unpaired) electrons. The Hall–Kier alpha value is -2.61. The van der Waals surface area contributed by atoms with Crippen molar-refractivity contribution in [3.8, 4) is 0 Å². The van der Waals surface area contributed by atoms with Crippen molar-refractivity contribution < 1.29 is 18.0 Å². The molecule has 5 nitrogen and oxygen atoms in total. The number of halogens is 3. The van der Waals surface area contributed by atoms with Crippen LogP contribution in [0.15, 0.2) is 53.5 Å². The molecule has 1 aromatic carbocycles. The molecular formula is C20H24F3N3O2. The minimum Gasteiger partial charge on any atom is -0.353 e. The second-order valence-corrected chi connectivity index (χ2v) is 6.33. The lowest BCUT2D eigenvalue weighted by Crippen LogP contribution is -2.40. The molecule has 2 aromatic rings. The summed E-state index contributed by atoms with van der Waals surface area (Å²) in [5, 5.41) is 2.74. The van der Waals surface area contributed by atoms with E-state index in [4.69, 9.17) is 0 Å². The summed E-state index contributed by atoms with van der Waals surface area (Å²) in [6.07, 6.45) is -3.91. The molecule has 1 atom stereocenters. The summed E-state index contributed by atoms with van der Waals surface area (Å²) in [5.41, 5.74) is -0.598. The topological polar surface area (TPSA) is 54.3 Å². The van der Waals surface area contributed by atoms with Crippen molar-refractivity contribution in [1.82, 2.24) is 14.8 Å². The zero-order valence-electron chi connectivity index (χ0n) is 15.9. The number of hydrogen-bond donors (Lipinski definition) is 1. The highest BCUT2D eigenvalue weighted by molar-refractivity contribution is 5.75. The fourth-order valence-electron chi connectivity index (χ4n) is 3.04. The number of rotatable bonds is 8. The number of carbonyl (C=O) groups excluding carboxylic acids is 1. The molecule has 1 unspecified atom stereocenters. The average molecular weight is 395 g/mol. The smallest absolute Gasteiger partial charge is 0.353 e. The lowest BCUT2D eigenvalue weighted by atomic mass is 10.1. The molecule has 8 heteroatoms. The number of nitrogens with one attached hydrogen (secondary N) is 1. The highest BCUT2D eigenvalue weighted by Crippen LogP contribution is 2.28. The molecule has 1 N–H and O–H groups in total. The van der Waals surface area contributed by atoms with E-state index in [0.717, 1.165) is 29.3 Å². The van der Waals surface area contributed by atoms with Crippen molar-refractivity contribution in [3.63, 3.8) is 0 Å². The molecule has 2 rings (SSSR count). The van der Waals surface area contributed by atoms with Gasteiger partial charge in [0.1, 0.15) is 6.54 Å². The van der Waals surface area contributed by atoms with E-state index in [9.17, 15) is 22.8 Å². The standard InChI is InChI=1S/C20H24F3N3O2/c1-3-25(4-2)17(15-8-6-5-7-9-15)12-24-18(27)14-26-13-16(20(21,22)23)10-11-19(26)28/h5-11,13,17H,3-4,12,14H2,1-2H3,(H,24,27). The Kier molecular flexibility index (Phi) is 7.39. The van der Waals surface area contributed by atoms with Crippen LogP contribution in [0.25, 0.3) is 0 Å². The Bertz CT molecular complexity index is 831. The van der Waals surface area contributed by atoms with E-state index in [1.807, 2.05) is 44.2 Å². The molecule has 0 fully saturated rings. The molecule has 0 saturated carbocycles. The Labute approximate surface area is 161 Å². The largest absolute Gasteiger partial charge is 0.417 e. The van der Waals surface area contributed by atoms with Crippen LogP contribution in [-0.4, -0.2) is 35.0 Å². The minimum atomic E-state index is -4.58. The third-order valence-electron chi connectivity index (χ3n) is 4.55. The molecule has 152 valence electrons. The molecule has 28 heavy (non-hydrogen) atoms. The Balaban J connectivity index is 2.10. The van der Waals surface area contributed by atoms with Crippen molar-refractivity contribution in [3.05, 3.63) is 70.1 Å². The number of likely N-dealkylation sites (N-methyl/N-ethyl adjacent to an activating group) is 1. The first kappa shape index (κ1) is 21.7. The van der Waals surface area contributed by atoms with Crippen LogP contribution in [0.3, 0.4) is 0 Å². The molecule has 0 aliphatic heterocycles. The average Bonchev–Trinajstić information content (AvgIpc) is 2.66. The first-order valence-corrected chi connectivity index (χ1v) is 9.09. The van der Waals surface area contributed by atoms with Crippen molar-refractivity contribution in [2.24, 2.45) is 0 Å². The van der Waals surface area contributed by atoms with E-state index in [1.54, 1.807) is 0 Å². The van der Waals surface area contributed by atoms with Gasteiger partial charge in [-0.05, 0) is 24.7 Å². The van der Waals surface area contributed by atoms with Crippen molar-refractivity contribution in [2.45, 2.75) is 32.6 Å². The van der Waals surface area contributed by atoms with Crippen LogP contribution in [0.1, 0.15) is 31.0 Å². The number of hydrogen-bond acceptors (Lipinski definition) is 3. The number of benzene rings is 1. The predicted octanol–water partition coefficient (Wildman–Crippen LogP) is 3.07. The molecule has 1 heterocycles. The van der Waals surface area contributed by atoms with E-state index >= 15 is 0 Å². The summed E-state index contributed by atoms with van der Waals surface area (Å²) in [7, 11) is 0. The van der Waals surface area contributed by atoms with Crippen molar-refractivity contribution >= 4 is 5.91 Å². The summed E-state index contributed by atoms with van der Waals surface area (Å²) < 4.78 is 39.2. The number of carbonyl (C=O) groups is 1. The van der Waals surface area contributed by atoms with Crippen molar-refractivity contribution in [1.29, 1.82) is 0 Å². The van der Waals surface area contributed by atoms with Gasteiger partial charge in [-0.15, -0.1) is 0 Å². The Morgan fingerprint density at radius 1 is 1.11 bits per heavy atom. The zero-order chi connectivity index (χ0) is 20.7. The fraction of sp³-hybridized carbons (Fsp3) is 0.400. The quantitative estimate of drug-likeness (QED) is 0.748. The Morgan fingerprint density at radius 3 is 2.32 bits per heavy atom. The van der Waals surface area contributed by atoms with Crippen LogP contribution in [0, 0.1) is 0 Å². The molecule has 0 spiro atoms. The van der Waals surface area contributed by atoms with E-state index in [0.29, 0.717) is 12.3 Å². The maximum atomic E-state index is 12.8. The number of aromatic nitrogens is 1. The van der Waals surface area contributed by atoms with Crippen LogP contribution in [0.2, 0.25) is 0 Å². The first-order chi connectivity index (χ1) is 13.3. The van der Waals surface area contributed by atoms with Gasteiger partial charge in [0.05, 0.1) is 11.6 Å². The minimum absolute atomic E-state index is 0.0709. The van der Waals surface area contributed by atoms with Gasteiger partial charge in [0.15, 0.2) is 0 Å². The summed E-state index contributed by atoms with van der Waals surface area (Å²) in [4.78, 5) is 26.3. The second kappa shape index (κ2) is 9.54. The lowest BCUT2D eigenvalue weighted by Gasteiger charge is -2.30. The van der Waals surface area contributed by atoms with Crippen LogP contribution < -0.4 is 10.9 Å². The fourth-order valence-corrected chi connectivity index (χ4v) is 3.04. The zero-order valence-corrected chi connectivity index (χ0v) is 15.9. The normalized spacial score (nSPS) is 12.8. The molecule has 0 bridgehead atoms. The van der Waals surface area contributed by atoms with Gasteiger partial charge in [-0.25, -0.2) is 0 Å². The van der Waals surface area contributed by atoms with E-state index in [1.165, 1.54) is 0 Å². The van der Waals surface area contributed by atoms with Gasteiger partial charge in [-0.1, -0.05) is 44.2 Å². The molecule has 1 amide bonds. The van der Waals surface area contributed by atoms with Gasteiger partial charge in [-0.2, -0.15) is 13.2 Å². The molecule has 1 aromatic heterocycles. The lowest BCUT2D eigenvalue weighted by molar-refractivity contribution is -0.138. The van der Waals surface area contributed by atoms with Crippen LogP contribution in [0.5, 0.6) is 0 Å². The number of nitrogens with zero attached hydrogens (tertiary/aromatic N) is 2. The van der Waals surface area contributed by atoms with Gasteiger partial charge in [0, 0.05) is 18.8 Å². The Morgan fingerprint density at radius 2 is 1.75 bits per heavy atom. The van der Waals surface area contributed by atoms with Crippen LogP contribution >= 0.6 is 0 Å². The molecule has 0 saturated heterocycles. The summed E-state index contributed by atoms with van der Waals surface area (Å²) >= 11 is 0. The molecule has 0 aliphatic carbocycles. The number of pyridine rings is 1. The van der Waals surface area contributed by atoms with Gasteiger partial charge in [0.2, 0.25) is 5.91 Å². The molecule has 0 aliphatic rings. The SMILES string of the molecule is CCN(CC)C(CNC(=O)Cn1cc(C(F)(F)F)ccc1=O)c1ccccc1. The number of amides is 1. The van der Waals surface area contributed by atoms with Gasteiger partial charge in [-0.3, -0.25) is 14.5 Å². The second-order valence-electron chi connectivity index (χ2n) is 6.33.